The molecule has 0 bridgehead atoms. The van der Waals surface area contributed by atoms with E-state index in [2.05, 4.69) is 20.5 Å². The van der Waals surface area contributed by atoms with Crippen LogP contribution in [0.25, 0.3) is 0 Å². The average molecular weight is 554 g/mol. The zero-order chi connectivity index (χ0) is 26.5. The minimum atomic E-state index is -4.88. The van der Waals surface area contributed by atoms with Crippen molar-refractivity contribution in [2.45, 2.75) is 43.9 Å². The van der Waals surface area contributed by atoms with Crippen LogP contribution in [0, 0.1) is 6.92 Å². The lowest BCUT2D eigenvalue weighted by Gasteiger charge is -2.29. The van der Waals surface area contributed by atoms with Crippen LogP contribution >= 0.6 is 23.2 Å². The molecular weight excluding hydrogens is 539 g/mol. The van der Waals surface area contributed by atoms with Crippen molar-refractivity contribution in [3.05, 3.63) is 68.7 Å². The fraction of sp³-hybridized carbons (Fsp3) is 0.318. The molecule has 0 unspecified atom stereocenters. The van der Waals surface area contributed by atoms with Gasteiger partial charge in [0.05, 0.1) is 12.1 Å². The zero-order valence-corrected chi connectivity index (χ0v) is 19.6. The third-order valence-corrected chi connectivity index (χ3v) is 6.04. The predicted octanol–water partition coefficient (Wildman–Crippen LogP) is 6.28. The van der Waals surface area contributed by atoms with Gasteiger partial charge in [0.25, 0.3) is 11.5 Å². The highest BCUT2D eigenvalue weighted by molar-refractivity contribution is 6.34. The highest BCUT2D eigenvalue weighted by Crippen LogP contribution is 2.49. The predicted molar refractivity (Wildman–Crippen MR) is 118 cm³/mol. The summed E-state index contributed by atoms with van der Waals surface area (Å²) in [5.74, 6) is -0.745. The number of carbonyl (C=O) groups excluding carboxylic acids is 1. The van der Waals surface area contributed by atoms with E-state index in [0.29, 0.717) is 5.56 Å². The van der Waals surface area contributed by atoms with Crippen LogP contribution in [0.3, 0.4) is 0 Å². The lowest BCUT2D eigenvalue weighted by Crippen LogP contribution is -2.42. The maximum absolute atomic E-state index is 14.2. The van der Waals surface area contributed by atoms with Gasteiger partial charge in [0.1, 0.15) is 0 Å². The molecule has 0 saturated heterocycles. The summed E-state index contributed by atoms with van der Waals surface area (Å²) in [6, 6.07) is 7.56. The van der Waals surface area contributed by atoms with Crippen molar-refractivity contribution < 1.29 is 40.8 Å². The summed E-state index contributed by atoms with van der Waals surface area (Å²) in [7, 11) is 0. The molecule has 2 aromatic rings. The van der Waals surface area contributed by atoms with E-state index in [9.17, 15) is 31.1 Å². The number of nitrogens with one attached hydrogen (secondary N) is 1. The number of alkyl halides is 6. The first kappa shape index (κ1) is 26.1. The molecular formula is C22H15Cl2F6N3O3. The van der Waals surface area contributed by atoms with Gasteiger partial charge < -0.3 is 15.0 Å². The van der Waals surface area contributed by atoms with Crippen LogP contribution in [-0.2, 0) is 15.3 Å². The van der Waals surface area contributed by atoms with E-state index >= 15 is 0 Å². The first-order valence-corrected chi connectivity index (χ1v) is 11.0. The summed E-state index contributed by atoms with van der Waals surface area (Å²) < 4.78 is 80.6. The monoisotopic (exact) mass is 553 g/mol. The van der Waals surface area contributed by atoms with Gasteiger partial charge >= 0.3 is 12.4 Å². The Morgan fingerprint density at radius 2 is 1.72 bits per heavy atom. The molecule has 36 heavy (non-hydrogen) atoms. The Bertz CT molecular complexity index is 1260. The van der Waals surface area contributed by atoms with Crippen molar-refractivity contribution in [1.82, 2.24) is 5.32 Å². The number of aryl methyl sites for hydroxylation is 1. The van der Waals surface area contributed by atoms with Gasteiger partial charge in [0.15, 0.2) is 5.71 Å². The fourth-order valence-corrected chi connectivity index (χ4v) is 4.32. The van der Waals surface area contributed by atoms with Crippen molar-refractivity contribution in [1.29, 1.82) is 0 Å². The molecule has 14 heteroatoms. The van der Waals surface area contributed by atoms with E-state index in [-0.39, 0.29) is 32.4 Å². The van der Waals surface area contributed by atoms with Gasteiger partial charge in [-0.3, -0.25) is 4.79 Å². The second kappa shape index (κ2) is 9.15. The second-order valence-electron chi connectivity index (χ2n) is 8.13. The molecule has 1 N–H and O–H groups in total. The summed E-state index contributed by atoms with van der Waals surface area (Å²) in [4.78, 5) is 22.1. The highest BCUT2D eigenvalue weighted by atomic mass is 35.5. The molecule has 1 amide bonds. The molecule has 0 aliphatic carbocycles. The van der Waals surface area contributed by atoms with Crippen LogP contribution in [0.4, 0.5) is 26.3 Å². The largest absolute Gasteiger partial charge is 0.435 e. The van der Waals surface area contributed by atoms with E-state index in [4.69, 9.17) is 28.0 Å². The SMILES string of the molecule is Cc1cc(C2=NO[C@@](c3cc(Cl)cc(Cl)c3)(C(F)(F)F)C2)ccc1C(=O)N[C@H]1CC(C(F)(F)F)=NO1. The molecule has 2 aromatic carbocycles. The van der Waals surface area contributed by atoms with Gasteiger partial charge in [-0.2, -0.15) is 26.3 Å². The quantitative estimate of drug-likeness (QED) is 0.453. The van der Waals surface area contributed by atoms with Crippen LogP contribution in [0.1, 0.15) is 39.9 Å². The van der Waals surface area contributed by atoms with Gasteiger partial charge in [0, 0.05) is 27.6 Å². The van der Waals surface area contributed by atoms with Crippen LogP contribution in [0.2, 0.25) is 10.0 Å². The molecule has 0 saturated carbocycles. The number of hydrogen-bond acceptors (Lipinski definition) is 5. The average Bonchev–Trinajstić information content (AvgIpc) is 3.40. The molecule has 2 aliphatic heterocycles. The Hall–Kier alpha value is -2.99. The number of nitrogens with zero attached hydrogens (tertiary/aromatic N) is 2. The number of amides is 1. The fourth-order valence-electron chi connectivity index (χ4n) is 3.79. The van der Waals surface area contributed by atoms with E-state index in [1.807, 2.05) is 0 Å². The Balaban J connectivity index is 1.52. The Labute approximate surface area is 209 Å². The Kier molecular flexibility index (Phi) is 6.63. The minimum absolute atomic E-state index is 0.0108. The number of carbonyl (C=O) groups is 1. The maximum Gasteiger partial charge on any atom is 0.435 e. The molecule has 6 nitrogen and oxygen atoms in total. The molecule has 192 valence electrons. The number of hydrogen-bond donors (Lipinski definition) is 1. The van der Waals surface area contributed by atoms with Gasteiger partial charge in [-0.25, -0.2) is 0 Å². The number of halogens is 8. The lowest BCUT2D eigenvalue weighted by molar-refractivity contribution is -0.275. The molecule has 4 rings (SSSR count). The van der Waals surface area contributed by atoms with Crippen LogP contribution < -0.4 is 5.32 Å². The third-order valence-electron chi connectivity index (χ3n) is 5.61. The molecule has 2 aliphatic rings. The standard InChI is InChI=1S/C22H15Cl2F6N3O3/c1-10-4-11(2-3-15(10)19(34)31-18-8-17(33-35-18)21(25,26)27)16-9-20(36-32-16,22(28,29)30)12-5-13(23)7-14(24)6-12/h2-7,18H,8-9H2,1H3,(H,31,34)/t18-,20+/m1/s1. The van der Waals surface area contributed by atoms with Gasteiger partial charge in [-0.05, 0) is 48.4 Å². The Morgan fingerprint density at radius 3 is 2.28 bits per heavy atom. The minimum Gasteiger partial charge on any atom is -0.374 e. The summed E-state index contributed by atoms with van der Waals surface area (Å²) in [6.45, 7) is 1.51. The van der Waals surface area contributed by atoms with E-state index in [1.54, 1.807) is 0 Å². The number of oxime groups is 2. The molecule has 2 atom stereocenters. The highest BCUT2D eigenvalue weighted by Gasteiger charge is 2.62. The van der Waals surface area contributed by atoms with Gasteiger partial charge in [0.2, 0.25) is 6.23 Å². The van der Waals surface area contributed by atoms with Crippen molar-refractivity contribution in [3.8, 4) is 0 Å². The third kappa shape index (κ3) is 4.96. The smallest absolute Gasteiger partial charge is 0.374 e. The topological polar surface area (TPSA) is 72.3 Å². The lowest BCUT2D eigenvalue weighted by atomic mass is 9.86. The maximum atomic E-state index is 14.2. The second-order valence-corrected chi connectivity index (χ2v) is 9.00. The molecule has 0 radical (unpaired) electrons. The van der Waals surface area contributed by atoms with Gasteiger partial charge in [-0.15, -0.1) is 0 Å². The summed E-state index contributed by atoms with van der Waals surface area (Å²) >= 11 is 11.8. The van der Waals surface area contributed by atoms with E-state index < -0.39 is 48.6 Å². The molecule has 0 aromatic heterocycles. The van der Waals surface area contributed by atoms with Crippen LogP contribution in [-0.4, -0.2) is 35.9 Å². The van der Waals surface area contributed by atoms with Crippen molar-refractivity contribution in [3.63, 3.8) is 0 Å². The van der Waals surface area contributed by atoms with Crippen molar-refractivity contribution >= 4 is 40.5 Å². The molecule has 0 fully saturated rings. The number of benzene rings is 2. The zero-order valence-electron chi connectivity index (χ0n) is 18.1. The van der Waals surface area contributed by atoms with Gasteiger partial charge in [-0.1, -0.05) is 39.6 Å². The Morgan fingerprint density at radius 1 is 1.06 bits per heavy atom. The van der Waals surface area contributed by atoms with Crippen molar-refractivity contribution in [2.75, 3.05) is 0 Å². The van der Waals surface area contributed by atoms with E-state index in [1.165, 1.54) is 31.2 Å². The summed E-state index contributed by atoms with van der Waals surface area (Å²) in [5, 5.41) is 8.86. The van der Waals surface area contributed by atoms with E-state index in [0.717, 1.165) is 12.1 Å². The van der Waals surface area contributed by atoms with Crippen LogP contribution in [0.15, 0.2) is 46.7 Å². The van der Waals surface area contributed by atoms with Crippen LogP contribution in [0.5, 0.6) is 0 Å². The summed E-state index contributed by atoms with van der Waals surface area (Å²) in [6.07, 6.45) is -12.2. The molecule has 2 heterocycles. The first-order chi connectivity index (χ1) is 16.7. The molecule has 0 spiro atoms. The number of rotatable bonds is 4. The summed E-state index contributed by atoms with van der Waals surface area (Å²) in [5.41, 5.74) is -3.69. The first-order valence-electron chi connectivity index (χ1n) is 10.2. The van der Waals surface area contributed by atoms with Crippen molar-refractivity contribution in [2.24, 2.45) is 10.3 Å². The normalized spacial score (nSPS) is 22.0.